The molecule has 30 heavy (non-hydrogen) atoms. The van der Waals surface area contributed by atoms with E-state index < -0.39 is 17.8 Å². The van der Waals surface area contributed by atoms with E-state index in [9.17, 15) is 19.6 Å². The minimum atomic E-state index is -1.02. The number of nitrogens with zero attached hydrogens (tertiary/aromatic N) is 2. The number of carboxylic acid groups (broad SMARTS) is 1. The zero-order valence-electron chi connectivity index (χ0n) is 16.8. The molecule has 0 radical (unpaired) electrons. The highest BCUT2D eigenvalue weighted by atomic mass is 16.4. The van der Waals surface area contributed by atoms with Crippen molar-refractivity contribution in [3.8, 4) is 17.4 Å². The van der Waals surface area contributed by atoms with Gasteiger partial charge in [0.2, 0.25) is 0 Å². The summed E-state index contributed by atoms with van der Waals surface area (Å²) >= 11 is 0. The van der Waals surface area contributed by atoms with Crippen LogP contribution in [0.25, 0.3) is 17.4 Å². The molecule has 1 aliphatic rings. The summed E-state index contributed by atoms with van der Waals surface area (Å²) in [6.45, 7) is 5.55. The first-order valence-corrected chi connectivity index (χ1v) is 9.35. The maximum absolute atomic E-state index is 12.9. The van der Waals surface area contributed by atoms with E-state index >= 15 is 0 Å². The van der Waals surface area contributed by atoms with Crippen molar-refractivity contribution in [1.82, 2.24) is 4.90 Å². The topological polar surface area (TPSA) is 112 Å². The van der Waals surface area contributed by atoms with Crippen LogP contribution in [-0.4, -0.2) is 34.3 Å². The fourth-order valence-corrected chi connectivity index (χ4v) is 3.17. The molecule has 0 aliphatic carbocycles. The van der Waals surface area contributed by atoms with Gasteiger partial charge in [0, 0.05) is 17.7 Å². The normalized spacial score (nSPS) is 15.8. The van der Waals surface area contributed by atoms with Gasteiger partial charge in [-0.15, -0.1) is 0 Å². The summed E-state index contributed by atoms with van der Waals surface area (Å²) in [5, 5.41) is 18.4. The van der Waals surface area contributed by atoms with Crippen LogP contribution in [0, 0.1) is 17.2 Å². The Bertz CT molecular complexity index is 1130. The van der Waals surface area contributed by atoms with Gasteiger partial charge in [-0.3, -0.25) is 14.5 Å². The number of hydrogen-bond acceptors (Lipinski definition) is 5. The van der Waals surface area contributed by atoms with E-state index in [4.69, 9.17) is 9.52 Å². The van der Waals surface area contributed by atoms with Crippen molar-refractivity contribution in [1.29, 1.82) is 5.26 Å². The minimum absolute atomic E-state index is 0.0569. The Hall–Kier alpha value is -3.92. The fourth-order valence-electron chi connectivity index (χ4n) is 3.17. The van der Waals surface area contributed by atoms with E-state index in [0.717, 1.165) is 4.90 Å². The summed E-state index contributed by atoms with van der Waals surface area (Å²) in [5.41, 5.74) is 1.34. The number of furan rings is 1. The highest BCUT2D eigenvalue weighted by Gasteiger charge is 2.35. The Labute approximate surface area is 173 Å². The molecule has 0 fully saturated rings. The number of carbonyl (C=O) groups is 3. The van der Waals surface area contributed by atoms with E-state index in [2.05, 4.69) is 0 Å². The van der Waals surface area contributed by atoms with Gasteiger partial charge in [-0.05, 0) is 48.8 Å². The largest absolute Gasteiger partial charge is 0.478 e. The first-order chi connectivity index (χ1) is 14.2. The Morgan fingerprint density at radius 1 is 1.17 bits per heavy atom. The molecule has 1 N–H and O–H groups in total. The van der Waals surface area contributed by atoms with Crippen molar-refractivity contribution < 1.29 is 23.9 Å². The number of nitriles is 1. The molecular weight excluding hydrogens is 384 g/mol. The molecule has 1 aromatic carbocycles. The van der Waals surface area contributed by atoms with Crippen molar-refractivity contribution in [2.45, 2.75) is 20.8 Å². The molecule has 2 amide bonds. The second-order valence-electron chi connectivity index (χ2n) is 7.37. The van der Waals surface area contributed by atoms with Crippen molar-refractivity contribution in [3.63, 3.8) is 0 Å². The number of imide groups is 1. The molecule has 0 unspecified atom stereocenters. The summed E-state index contributed by atoms with van der Waals surface area (Å²) in [6.07, 6.45) is 1.52. The van der Waals surface area contributed by atoms with Crippen LogP contribution in [0.5, 0.6) is 0 Å². The lowest BCUT2D eigenvalue weighted by atomic mass is 9.94. The Morgan fingerprint density at radius 3 is 2.40 bits per heavy atom. The SMILES string of the molecule is CC1=C(C#N)C(=O)N(CC(C)C)C(=O)C1=Cc1ccc(-c2ccc(C(=O)O)cc2)o1. The van der Waals surface area contributed by atoms with Gasteiger partial charge in [0.1, 0.15) is 23.2 Å². The number of aromatic carboxylic acids is 1. The Kier molecular flexibility index (Phi) is 5.70. The van der Waals surface area contributed by atoms with Gasteiger partial charge in [0.25, 0.3) is 11.8 Å². The molecule has 7 nitrogen and oxygen atoms in total. The van der Waals surface area contributed by atoms with Gasteiger partial charge < -0.3 is 9.52 Å². The predicted octanol–water partition coefficient (Wildman–Crippen LogP) is 3.89. The molecule has 3 rings (SSSR count). The summed E-state index contributed by atoms with van der Waals surface area (Å²) in [7, 11) is 0. The van der Waals surface area contributed by atoms with Crippen LogP contribution in [0.1, 0.15) is 36.9 Å². The standard InChI is InChI=1S/C23H20N2O5/c1-13(2)12-25-21(26)18(14(3)19(11-24)22(25)27)10-17-8-9-20(30-17)15-4-6-16(7-5-15)23(28)29/h4-10,13H,12H2,1-3H3,(H,28,29). The summed E-state index contributed by atoms with van der Waals surface area (Å²) in [4.78, 5) is 37.5. The maximum atomic E-state index is 12.9. The van der Waals surface area contributed by atoms with Crippen LogP contribution in [0.2, 0.25) is 0 Å². The zero-order valence-corrected chi connectivity index (χ0v) is 16.8. The summed E-state index contributed by atoms with van der Waals surface area (Å²) in [6, 6.07) is 11.5. The van der Waals surface area contributed by atoms with E-state index in [1.807, 2.05) is 19.9 Å². The van der Waals surface area contributed by atoms with Crippen LogP contribution < -0.4 is 0 Å². The van der Waals surface area contributed by atoms with E-state index in [0.29, 0.717) is 22.7 Å². The molecule has 152 valence electrons. The fraction of sp³-hybridized carbons (Fsp3) is 0.217. The summed E-state index contributed by atoms with van der Waals surface area (Å²) in [5.74, 6) is -1.12. The minimum Gasteiger partial charge on any atom is -0.478 e. The van der Waals surface area contributed by atoms with Crippen LogP contribution in [0.15, 0.2) is 57.5 Å². The maximum Gasteiger partial charge on any atom is 0.335 e. The highest BCUT2D eigenvalue weighted by Crippen LogP contribution is 2.29. The van der Waals surface area contributed by atoms with Gasteiger partial charge in [0.15, 0.2) is 0 Å². The monoisotopic (exact) mass is 404 g/mol. The third-order valence-electron chi connectivity index (χ3n) is 4.70. The molecule has 2 aromatic rings. The molecule has 0 spiro atoms. The zero-order chi connectivity index (χ0) is 22.0. The first-order valence-electron chi connectivity index (χ1n) is 9.35. The smallest absolute Gasteiger partial charge is 0.335 e. The molecule has 2 heterocycles. The van der Waals surface area contributed by atoms with Crippen LogP contribution in [0.4, 0.5) is 0 Å². The Balaban J connectivity index is 1.98. The summed E-state index contributed by atoms with van der Waals surface area (Å²) < 4.78 is 5.80. The van der Waals surface area contributed by atoms with E-state index in [1.165, 1.54) is 18.2 Å². The van der Waals surface area contributed by atoms with E-state index in [1.54, 1.807) is 31.2 Å². The second-order valence-corrected chi connectivity index (χ2v) is 7.37. The van der Waals surface area contributed by atoms with Crippen LogP contribution in [0.3, 0.4) is 0 Å². The van der Waals surface area contributed by atoms with Crippen molar-refractivity contribution in [3.05, 3.63) is 64.4 Å². The number of carbonyl (C=O) groups excluding carboxylic acids is 2. The molecule has 0 atom stereocenters. The predicted molar refractivity (Wildman–Crippen MR) is 109 cm³/mol. The van der Waals surface area contributed by atoms with E-state index in [-0.39, 0.29) is 29.2 Å². The number of carboxylic acids is 1. The molecule has 0 saturated heterocycles. The second kappa shape index (κ2) is 8.21. The third-order valence-corrected chi connectivity index (χ3v) is 4.70. The molecule has 0 bridgehead atoms. The van der Waals surface area contributed by atoms with Crippen molar-refractivity contribution in [2.24, 2.45) is 5.92 Å². The van der Waals surface area contributed by atoms with Gasteiger partial charge in [0.05, 0.1) is 5.56 Å². The average molecular weight is 404 g/mol. The Morgan fingerprint density at radius 2 is 1.83 bits per heavy atom. The molecule has 7 heteroatoms. The number of amides is 2. The highest BCUT2D eigenvalue weighted by molar-refractivity contribution is 6.19. The quantitative estimate of drug-likeness (QED) is 0.598. The molecule has 1 aliphatic heterocycles. The average Bonchev–Trinajstić information content (AvgIpc) is 3.17. The lowest BCUT2D eigenvalue weighted by Gasteiger charge is -2.28. The number of hydrogen-bond donors (Lipinski definition) is 1. The number of rotatable bonds is 5. The lowest BCUT2D eigenvalue weighted by molar-refractivity contribution is -0.141. The van der Waals surface area contributed by atoms with Gasteiger partial charge in [-0.25, -0.2) is 4.79 Å². The van der Waals surface area contributed by atoms with Crippen molar-refractivity contribution >= 4 is 23.9 Å². The number of benzene rings is 1. The van der Waals surface area contributed by atoms with Crippen LogP contribution in [-0.2, 0) is 9.59 Å². The van der Waals surface area contributed by atoms with Crippen LogP contribution >= 0.6 is 0 Å². The van der Waals surface area contributed by atoms with Gasteiger partial charge in [-0.1, -0.05) is 26.0 Å². The van der Waals surface area contributed by atoms with Crippen molar-refractivity contribution in [2.75, 3.05) is 6.54 Å². The third kappa shape index (κ3) is 3.94. The van der Waals surface area contributed by atoms with Gasteiger partial charge in [-0.2, -0.15) is 5.26 Å². The molecule has 1 aromatic heterocycles. The lowest BCUT2D eigenvalue weighted by Crippen LogP contribution is -2.44. The van der Waals surface area contributed by atoms with Gasteiger partial charge >= 0.3 is 5.97 Å². The first kappa shape index (κ1) is 20.8. The molecule has 0 saturated carbocycles. The molecular formula is C23H20N2O5.